The van der Waals surface area contributed by atoms with Gasteiger partial charge >= 0.3 is 6.09 Å². The molecule has 1 unspecified atom stereocenters. The van der Waals surface area contributed by atoms with Gasteiger partial charge in [0.05, 0.1) is 0 Å². The second kappa shape index (κ2) is 8.52. The number of nitrogens with one attached hydrogen (secondary N) is 2. The zero-order valence-corrected chi connectivity index (χ0v) is 16.1. The summed E-state index contributed by atoms with van der Waals surface area (Å²) >= 11 is 0. The summed E-state index contributed by atoms with van der Waals surface area (Å²) in [7, 11) is 0. The summed E-state index contributed by atoms with van der Waals surface area (Å²) in [4.78, 5) is 14.4. The quantitative estimate of drug-likeness (QED) is 0.808. The minimum Gasteiger partial charge on any atom is -0.444 e. The van der Waals surface area contributed by atoms with E-state index in [2.05, 4.69) is 17.6 Å². The van der Waals surface area contributed by atoms with Crippen molar-refractivity contribution < 1.29 is 9.53 Å². The largest absolute Gasteiger partial charge is 0.444 e. The van der Waals surface area contributed by atoms with Crippen LogP contribution in [0, 0.1) is 5.41 Å². The highest BCUT2D eigenvalue weighted by molar-refractivity contribution is 5.68. The van der Waals surface area contributed by atoms with Crippen molar-refractivity contribution in [1.82, 2.24) is 15.5 Å². The van der Waals surface area contributed by atoms with Crippen LogP contribution in [-0.2, 0) is 4.74 Å². The van der Waals surface area contributed by atoms with Gasteiger partial charge in [-0.3, -0.25) is 0 Å². The smallest absolute Gasteiger partial charge is 0.410 e. The first kappa shape index (κ1) is 19.5. The predicted molar refractivity (Wildman–Crippen MR) is 98.3 cm³/mol. The fraction of sp³-hybridized carbons (Fsp3) is 0.947. The number of piperidine rings is 2. The van der Waals surface area contributed by atoms with E-state index in [1.54, 1.807) is 0 Å². The Bertz CT molecular complexity index is 398. The maximum atomic E-state index is 12.5. The summed E-state index contributed by atoms with van der Waals surface area (Å²) in [6.07, 6.45) is 6.88. The van der Waals surface area contributed by atoms with Crippen molar-refractivity contribution in [1.29, 1.82) is 0 Å². The van der Waals surface area contributed by atoms with Gasteiger partial charge in [0, 0.05) is 31.1 Å². The number of ether oxygens (including phenoxy) is 1. The van der Waals surface area contributed by atoms with E-state index in [1.165, 1.54) is 25.7 Å². The fourth-order valence-electron chi connectivity index (χ4n) is 4.04. The highest BCUT2D eigenvalue weighted by Crippen LogP contribution is 2.35. The molecular weight excluding hydrogens is 302 g/mol. The molecule has 2 aliphatic rings. The third-order valence-corrected chi connectivity index (χ3v) is 5.20. The number of amides is 1. The Balaban J connectivity index is 1.95. The van der Waals surface area contributed by atoms with E-state index in [1.807, 2.05) is 25.7 Å². The summed E-state index contributed by atoms with van der Waals surface area (Å²) in [6.45, 7) is 13.0. The average molecular weight is 340 g/mol. The monoisotopic (exact) mass is 339 g/mol. The lowest BCUT2D eigenvalue weighted by atomic mass is 9.76. The normalized spacial score (nSPS) is 26.4. The number of hydrogen-bond acceptors (Lipinski definition) is 4. The van der Waals surface area contributed by atoms with E-state index in [0.717, 1.165) is 45.6 Å². The number of likely N-dealkylation sites (tertiary alicyclic amines) is 1. The van der Waals surface area contributed by atoms with Gasteiger partial charge in [-0.2, -0.15) is 0 Å². The van der Waals surface area contributed by atoms with Gasteiger partial charge in [0.2, 0.25) is 0 Å². The van der Waals surface area contributed by atoms with Crippen LogP contribution in [-0.4, -0.2) is 55.4 Å². The van der Waals surface area contributed by atoms with Gasteiger partial charge < -0.3 is 20.3 Å². The molecule has 2 heterocycles. The lowest BCUT2D eigenvalue weighted by Gasteiger charge is -2.44. The number of carbonyl (C=O) groups excluding carboxylic acids is 1. The highest BCUT2D eigenvalue weighted by Gasteiger charge is 2.38. The molecule has 0 saturated carbocycles. The van der Waals surface area contributed by atoms with Crippen LogP contribution >= 0.6 is 0 Å². The molecule has 1 amide bonds. The van der Waals surface area contributed by atoms with Gasteiger partial charge in [-0.15, -0.1) is 0 Å². The van der Waals surface area contributed by atoms with Crippen LogP contribution in [0.15, 0.2) is 0 Å². The maximum absolute atomic E-state index is 12.5. The third kappa shape index (κ3) is 5.92. The van der Waals surface area contributed by atoms with Gasteiger partial charge in [-0.1, -0.05) is 13.3 Å². The summed E-state index contributed by atoms with van der Waals surface area (Å²) < 4.78 is 5.60. The first-order valence-electron chi connectivity index (χ1n) is 9.76. The van der Waals surface area contributed by atoms with Crippen molar-refractivity contribution in [3.63, 3.8) is 0 Å². The molecule has 5 nitrogen and oxygen atoms in total. The molecule has 0 bridgehead atoms. The number of carbonyl (C=O) groups is 1. The van der Waals surface area contributed by atoms with E-state index in [4.69, 9.17) is 4.74 Å². The van der Waals surface area contributed by atoms with Crippen molar-refractivity contribution in [2.75, 3.05) is 32.7 Å². The van der Waals surface area contributed by atoms with Crippen molar-refractivity contribution in [3.8, 4) is 0 Å². The summed E-state index contributed by atoms with van der Waals surface area (Å²) in [6, 6.07) is 0.622. The molecule has 2 rings (SSSR count). The standard InChI is InChI=1S/C19H37N3O2/c1-5-9-19(14-21-16-7-11-20-12-8-16)10-6-13-22(15-19)17(23)24-18(2,3)4/h16,20-21H,5-15H2,1-4H3. The summed E-state index contributed by atoms with van der Waals surface area (Å²) in [5, 5.41) is 7.23. The zero-order valence-electron chi connectivity index (χ0n) is 16.1. The van der Waals surface area contributed by atoms with Crippen molar-refractivity contribution in [3.05, 3.63) is 0 Å². The summed E-state index contributed by atoms with van der Waals surface area (Å²) in [5.74, 6) is 0. The van der Waals surface area contributed by atoms with Crippen LogP contribution in [0.3, 0.4) is 0 Å². The van der Waals surface area contributed by atoms with E-state index in [9.17, 15) is 4.79 Å². The Morgan fingerprint density at radius 1 is 1.33 bits per heavy atom. The second-order valence-corrected chi connectivity index (χ2v) is 8.66. The number of rotatable bonds is 5. The highest BCUT2D eigenvalue weighted by atomic mass is 16.6. The van der Waals surface area contributed by atoms with E-state index in [0.29, 0.717) is 6.04 Å². The molecule has 0 aromatic carbocycles. The van der Waals surface area contributed by atoms with Crippen LogP contribution in [0.1, 0.15) is 66.2 Å². The molecule has 0 aromatic rings. The van der Waals surface area contributed by atoms with Gasteiger partial charge in [0.15, 0.2) is 0 Å². The fourth-order valence-corrected chi connectivity index (χ4v) is 4.04. The third-order valence-electron chi connectivity index (χ3n) is 5.20. The van der Waals surface area contributed by atoms with Gasteiger partial charge in [-0.25, -0.2) is 4.79 Å². The summed E-state index contributed by atoms with van der Waals surface area (Å²) in [5.41, 5.74) is -0.218. The second-order valence-electron chi connectivity index (χ2n) is 8.66. The van der Waals surface area contributed by atoms with Crippen LogP contribution < -0.4 is 10.6 Å². The number of hydrogen-bond donors (Lipinski definition) is 2. The lowest BCUT2D eigenvalue weighted by molar-refractivity contribution is 0.00183. The molecule has 2 aliphatic heterocycles. The van der Waals surface area contributed by atoms with Crippen molar-refractivity contribution >= 4 is 6.09 Å². The SMILES string of the molecule is CCCC1(CNC2CCNCC2)CCCN(C(=O)OC(C)(C)C)C1. The maximum Gasteiger partial charge on any atom is 0.410 e. The van der Waals surface area contributed by atoms with Gasteiger partial charge in [-0.05, 0) is 66.0 Å². The Kier molecular flexibility index (Phi) is 6.93. The van der Waals surface area contributed by atoms with E-state index >= 15 is 0 Å². The Hall–Kier alpha value is -0.810. The molecule has 0 spiro atoms. The van der Waals surface area contributed by atoms with Crippen LogP contribution in [0.2, 0.25) is 0 Å². The van der Waals surface area contributed by atoms with E-state index in [-0.39, 0.29) is 11.5 Å². The molecule has 0 aliphatic carbocycles. The molecule has 2 N–H and O–H groups in total. The molecular formula is C19H37N3O2. The molecule has 0 radical (unpaired) electrons. The molecule has 2 saturated heterocycles. The Morgan fingerprint density at radius 2 is 2.04 bits per heavy atom. The molecule has 5 heteroatoms. The molecule has 24 heavy (non-hydrogen) atoms. The van der Waals surface area contributed by atoms with Crippen LogP contribution in [0.5, 0.6) is 0 Å². The number of nitrogens with zero attached hydrogens (tertiary/aromatic N) is 1. The predicted octanol–water partition coefficient (Wildman–Crippen LogP) is 3.15. The first-order chi connectivity index (χ1) is 11.3. The van der Waals surface area contributed by atoms with Gasteiger partial charge in [0.25, 0.3) is 0 Å². The minimum absolute atomic E-state index is 0.149. The topological polar surface area (TPSA) is 53.6 Å². The lowest BCUT2D eigenvalue weighted by Crippen LogP contribution is -2.53. The molecule has 2 fully saturated rings. The van der Waals surface area contributed by atoms with Crippen molar-refractivity contribution in [2.45, 2.75) is 77.9 Å². The van der Waals surface area contributed by atoms with Gasteiger partial charge in [0.1, 0.15) is 5.60 Å². The van der Waals surface area contributed by atoms with Crippen molar-refractivity contribution in [2.24, 2.45) is 5.41 Å². The molecule has 0 aromatic heterocycles. The minimum atomic E-state index is -0.421. The molecule has 140 valence electrons. The van der Waals surface area contributed by atoms with E-state index < -0.39 is 5.60 Å². The van der Waals surface area contributed by atoms with Crippen LogP contribution in [0.4, 0.5) is 4.79 Å². The average Bonchev–Trinajstić information content (AvgIpc) is 2.53. The van der Waals surface area contributed by atoms with Crippen LogP contribution in [0.25, 0.3) is 0 Å². The molecule has 1 atom stereocenters. The Morgan fingerprint density at radius 3 is 2.67 bits per heavy atom. The first-order valence-corrected chi connectivity index (χ1v) is 9.76. The zero-order chi connectivity index (χ0) is 17.6. The Labute approximate surface area is 147 Å².